The van der Waals surface area contributed by atoms with Gasteiger partial charge in [-0.15, -0.1) is 0 Å². The van der Waals surface area contributed by atoms with Gasteiger partial charge in [-0.2, -0.15) is 0 Å². The van der Waals surface area contributed by atoms with Crippen LogP contribution in [-0.4, -0.2) is 5.78 Å². The van der Waals surface area contributed by atoms with Crippen molar-refractivity contribution in [3.05, 3.63) is 23.8 Å². The van der Waals surface area contributed by atoms with E-state index in [1.54, 1.807) is 0 Å². The molecule has 0 unspecified atom stereocenters. The molecule has 0 spiro atoms. The smallest absolute Gasteiger partial charge is 0.156 e. The first-order chi connectivity index (χ1) is 11.9. The Morgan fingerprint density at radius 1 is 1.16 bits per heavy atom. The third-order valence-corrected chi connectivity index (χ3v) is 9.02. The Bertz CT molecular complexity index is 614. The summed E-state index contributed by atoms with van der Waals surface area (Å²) in [6.07, 6.45) is 17.0. The molecule has 0 aromatic carbocycles. The summed E-state index contributed by atoms with van der Waals surface area (Å²) in [5.41, 5.74) is 2.13. The van der Waals surface area contributed by atoms with Crippen LogP contribution < -0.4 is 0 Å². The summed E-state index contributed by atoms with van der Waals surface area (Å²) in [6.45, 7) is 9.94. The zero-order chi connectivity index (χ0) is 17.8. The van der Waals surface area contributed by atoms with Gasteiger partial charge in [0.05, 0.1) is 0 Å². The highest BCUT2D eigenvalue weighted by molar-refractivity contribution is 5.92. The first-order valence-corrected chi connectivity index (χ1v) is 10.8. The summed E-state index contributed by atoms with van der Waals surface area (Å²) in [4.78, 5) is 11.9. The summed E-state index contributed by atoms with van der Waals surface area (Å²) in [6, 6.07) is 0. The summed E-state index contributed by atoms with van der Waals surface area (Å²) in [5, 5.41) is 0. The molecule has 0 N–H and O–H groups in total. The summed E-state index contributed by atoms with van der Waals surface area (Å²) in [5.74, 6) is 4.50. The normalized spacial score (nSPS) is 46.9. The van der Waals surface area contributed by atoms with E-state index >= 15 is 0 Å². The molecule has 0 saturated heterocycles. The molecule has 4 rings (SSSR count). The number of carbonyl (C=O) groups excluding carboxylic acids is 1. The Morgan fingerprint density at radius 2 is 1.96 bits per heavy atom. The number of carbonyl (C=O) groups is 1. The standard InChI is InChI=1S/C24H36O/c1-5-6-16(2)20-9-10-21-19-8-7-17-15-18(25)11-13-23(17,3)22(19)12-14-24(20,21)4/h7-8,15-16,19-22H,5-6,9-14H2,1-4H3/t16-,19+,20-,21+,22+,23+,24-/m1/s1. The van der Waals surface area contributed by atoms with Gasteiger partial charge in [0.1, 0.15) is 0 Å². The molecular weight excluding hydrogens is 304 g/mol. The topological polar surface area (TPSA) is 17.1 Å². The van der Waals surface area contributed by atoms with E-state index in [0.717, 1.165) is 42.4 Å². The summed E-state index contributed by atoms with van der Waals surface area (Å²) < 4.78 is 0. The first-order valence-electron chi connectivity index (χ1n) is 10.8. The highest BCUT2D eigenvalue weighted by atomic mass is 16.1. The fourth-order valence-corrected chi connectivity index (χ4v) is 7.63. The van der Waals surface area contributed by atoms with Gasteiger partial charge in [-0.1, -0.05) is 52.7 Å². The molecule has 0 aromatic rings. The average molecular weight is 341 g/mol. The predicted octanol–water partition coefficient (Wildman–Crippen LogP) is 6.35. The van der Waals surface area contributed by atoms with Crippen LogP contribution in [0.2, 0.25) is 0 Å². The van der Waals surface area contributed by atoms with Gasteiger partial charge in [0, 0.05) is 6.42 Å². The van der Waals surface area contributed by atoms with E-state index in [4.69, 9.17) is 0 Å². The quantitative estimate of drug-likeness (QED) is 0.585. The fourth-order valence-electron chi connectivity index (χ4n) is 7.63. The molecule has 0 heterocycles. The van der Waals surface area contributed by atoms with E-state index in [2.05, 4.69) is 39.8 Å². The summed E-state index contributed by atoms with van der Waals surface area (Å²) in [7, 11) is 0. The molecule has 7 atom stereocenters. The second-order valence-electron chi connectivity index (χ2n) is 10.1. The third kappa shape index (κ3) is 2.52. The van der Waals surface area contributed by atoms with Gasteiger partial charge in [0.25, 0.3) is 0 Å². The van der Waals surface area contributed by atoms with Gasteiger partial charge >= 0.3 is 0 Å². The number of fused-ring (bicyclic) bond motifs is 5. The van der Waals surface area contributed by atoms with Crippen LogP contribution in [0, 0.1) is 40.4 Å². The highest BCUT2D eigenvalue weighted by Gasteiger charge is 2.58. The second-order valence-corrected chi connectivity index (χ2v) is 10.1. The molecule has 25 heavy (non-hydrogen) atoms. The van der Waals surface area contributed by atoms with E-state index < -0.39 is 0 Å². The molecule has 0 aromatic heterocycles. The molecule has 4 aliphatic carbocycles. The van der Waals surface area contributed by atoms with E-state index in [0.29, 0.717) is 11.2 Å². The molecule has 2 fully saturated rings. The van der Waals surface area contributed by atoms with Gasteiger partial charge in [-0.05, 0) is 84.2 Å². The minimum Gasteiger partial charge on any atom is -0.295 e. The average Bonchev–Trinajstić information content (AvgIpc) is 2.93. The minimum absolute atomic E-state index is 0.252. The maximum absolute atomic E-state index is 11.9. The van der Waals surface area contributed by atoms with Gasteiger partial charge in [-0.25, -0.2) is 0 Å². The molecule has 2 saturated carbocycles. The number of hydrogen-bond donors (Lipinski definition) is 0. The molecule has 0 amide bonds. The Balaban J connectivity index is 1.65. The number of hydrogen-bond acceptors (Lipinski definition) is 1. The van der Waals surface area contributed by atoms with Crippen molar-refractivity contribution in [3.8, 4) is 0 Å². The van der Waals surface area contributed by atoms with Crippen LogP contribution in [0.4, 0.5) is 0 Å². The first kappa shape index (κ1) is 17.6. The van der Waals surface area contributed by atoms with Crippen LogP contribution >= 0.6 is 0 Å². The number of ketones is 1. The van der Waals surface area contributed by atoms with Crippen LogP contribution in [0.5, 0.6) is 0 Å². The van der Waals surface area contributed by atoms with E-state index in [-0.39, 0.29) is 5.41 Å². The van der Waals surface area contributed by atoms with Crippen LogP contribution in [0.3, 0.4) is 0 Å². The predicted molar refractivity (Wildman–Crippen MR) is 104 cm³/mol. The molecule has 0 aliphatic heterocycles. The Kier molecular flexibility index (Phi) is 4.28. The highest BCUT2D eigenvalue weighted by Crippen LogP contribution is 2.66. The van der Waals surface area contributed by atoms with Crippen molar-refractivity contribution >= 4 is 5.78 Å². The van der Waals surface area contributed by atoms with Crippen molar-refractivity contribution in [2.75, 3.05) is 0 Å². The van der Waals surface area contributed by atoms with Crippen molar-refractivity contribution in [2.45, 2.75) is 79.1 Å². The van der Waals surface area contributed by atoms with Crippen LogP contribution in [0.1, 0.15) is 79.1 Å². The Hall–Kier alpha value is -0.850. The molecule has 138 valence electrons. The third-order valence-electron chi connectivity index (χ3n) is 9.02. The van der Waals surface area contributed by atoms with Gasteiger partial charge in [0.2, 0.25) is 0 Å². The Labute approximate surface area is 154 Å². The Morgan fingerprint density at radius 3 is 2.72 bits per heavy atom. The fraction of sp³-hybridized carbons (Fsp3) is 0.792. The van der Waals surface area contributed by atoms with Crippen molar-refractivity contribution < 1.29 is 4.79 Å². The molecule has 1 nitrogen and oxygen atoms in total. The minimum atomic E-state index is 0.252. The van der Waals surface area contributed by atoms with Gasteiger partial charge in [0.15, 0.2) is 5.78 Å². The van der Waals surface area contributed by atoms with Crippen molar-refractivity contribution in [3.63, 3.8) is 0 Å². The molecule has 1 heteroatoms. The number of allylic oxidation sites excluding steroid dienone is 4. The lowest BCUT2D eigenvalue weighted by atomic mass is 9.48. The molecular formula is C24H36O. The van der Waals surface area contributed by atoms with Crippen LogP contribution in [-0.2, 0) is 4.79 Å². The monoisotopic (exact) mass is 340 g/mol. The second kappa shape index (κ2) is 6.10. The SMILES string of the molecule is CCC[C@@H](C)[C@H]1CC[C@H]2[C@@H]3C=CC4=CC(=O)CC[C@]4(C)[C@H]3CC[C@]12C. The lowest BCUT2D eigenvalue weighted by molar-refractivity contribution is -0.116. The van der Waals surface area contributed by atoms with Gasteiger partial charge < -0.3 is 0 Å². The summed E-state index contributed by atoms with van der Waals surface area (Å²) >= 11 is 0. The molecule has 0 bridgehead atoms. The van der Waals surface area contributed by atoms with Crippen molar-refractivity contribution in [2.24, 2.45) is 40.4 Å². The van der Waals surface area contributed by atoms with Crippen LogP contribution in [0.25, 0.3) is 0 Å². The van der Waals surface area contributed by atoms with Crippen molar-refractivity contribution in [1.82, 2.24) is 0 Å². The van der Waals surface area contributed by atoms with Crippen LogP contribution in [0.15, 0.2) is 23.8 Å². The molecule has 4 aliphatic rings. The number of rotatable bonds is 3. The van der Waals surface area contributed by atoms with E-state index in [1.165, 1.54) is 44.1 Å². The lowest BCUT2D eigenvalue weighted by Crippen LogP contribution is -2.49. The van der Waals surface area contributed by atoms with E-state index in [1.807, 2.05) is 6.08 Å². The van der Waals surface area contributed by atoms with Gasteiger partial charge in [-0.3, -0.25) is 4.79 Å². The lowest BCUT2D eigenvalue weighted by Gasteiger charge is -2.56. The van der Waals surface area contributed by atoms with Crippen molar-refractivity contribution in [1.29, 1.82) is 0 Å². The maximum Gasteiger partial charge on any atom is 0.156 e. The molecule has 0 radical (unpaired) electrons. The zero-order valence-corrected chi connectivity index (χ0v) is 16.7. The zero-order valence-electron chi connectivity index (χ0n) is 16.7. The van der Waals surface area contributed by atoms with E-state index in [9.17, 15) is 4.79 Å². The largest absolute Gasteiger partial charge is 0.295 e. The maximum atomic E-state index is 11.9.